The van der Waals surface area contributed by atoms with Crippen molar-refractivity contribution >= 4 is 5.71 Å². The van der Waals surface area contributed by atoms with Crippen molar-refractivity contribution in [3.8, 4) is 0 Å². The van der Waals surface area contributed by atoms with Gasteiger partial charge >= 0.3 is 18.0 Å². The van der Waals surface area contributed by atoms with Gasteiger partial charge in [-0.05, 0) is 56.9 Å². The molecule has 0 spiro atoms. The van der Waals surface area contributed by atoms with E-state index in [1.165, 1.54) is 24.9 Å². The first-order valence-electron chi connectivity index (χ1n) is 12.9. The van der Waals surface area contributed by atoms with Gasteiger partial charge in [-0.25, -0.2) is 9.89 Å². The van der Waals surface area contributed by atoms with Crippen molar-refractivity contribution in [1.29, 1.82) is 0 Å². The van der Waals surface area contributed by atoms with E-state index in [9.17, 15) is 31.1 Å². The number of nitrogens with one attached hydrogen (secondary N) is 2. The average Bonchev–Trinajstić information content (AvgIpc) is 3.37. The van der Waals surface area contributed by atoms with Crippen LogP contribution in [0.2, 0.25) is 0 Å². The van der Waals surface area contributed by atoms with E-state index in [0.717, 1.165) is 0 Å². The number of halogens is 6. The summed E-state index contributed by atoms with van der Waals surface area (Å²) in [6.45, 7) is 3.34. The largest absolute Gasteiger partial charge is 0.416 e. The first kappa shape index (κ1) is 30.6. The highest BCUT2D eigenvalue weighted by Crippen LogP contribution is 2.41. The van der Waals surface area contributed by atoms with Crippen LogP contribution in [0.5, 0.6) is 0 Å². The van der Waals surface area contributed by atoms with E-state index >= 15 is 0 Å². The van der Waals surface area contributed by atoms with Crippen molar-refractivity contribution < 1.29 is 35.9 Å². The maximum absolute atomic E-state index is 13.4. The van der Waals surface area contributed by atoms with Gasteiger partial charge in [0.25, 0.3) is 0 Å². The monoisotopic (exact) mass is 587 g/mol. The minimum Gasteiger partial charge on any atom is -0.399 e. The van der Waals surface area contributed by atoms with Gasteiger partial charge in [0.05, 0.1) is 29.5 Å². The molecule has 0 amide bonds. The summed E-state index contributed by atoms with van der Waals surface area (Å²) in [5, 5.41) is 13.8. The Morgan fingerprint density at radius 3 is 2.32 bits per heavy atom. The van der Waals surface area contributed by atoms with Crippen molar-refractivity contribution in [2.75, 3.05) is 20.3 Å². The molecule has 4 atom stereocenters. The molecule has 2 aliphatic rings. The fraction of sp³-hybridized carbons (Fsp3) is 0.519. The molecule has 0 radical (unpaired) electrons. The number of aromatic nitrogens is 3. The quantitative estimate of drug-likeness (QED) is 0.247. The highest BCUT2D eigenvalue weighted by molar-refractivity contribution is 5.89. The number of allylic oxidation sites excluding steroid dienone is 3. The number of hydrogen-bond acceptors (Lipinski definition) is 6. The Bertz CT molecular complexity index is 1330. The summed E-state index contributed by atoms with van der Waals surface area (Å²) >= 11 is 0. The van der Waals surface area contributed by atoms with Gasteiger partial charge in [0, 0.05) is 18.0 Å². The zero-order valence-corrected chi connectivity index (χ0v) is 22.6. The second kappa shape index (κ2) is 11.5. The summed E-state index contributed by atoms with van der Waals surface area (Å²) in [4.78, 5) is 17.6. The summed E-state index contributed by atoms with van der Waals surface area (Å²) < 4.78 is 88.1. The van der Waals surface area contributed by atoms with E-state index < -0.39 is 46.4 Å². The topological polar surface area (TPSA) is 93.5 Å². The van der Waals surface area contributed by atoms with E-state index in [2.05, 4.69) is 20.7 Å². The maximum Gasteiger partial charge on any atom is 0.416 e. The van der Waals surface area contributed by atoms with Crippen LogP contribution < -0.4 is 11.0 Å². The highest BCUT2D eigenvalue weighted by Gasteiger charge is 2.49. The van der Waals surface area contributed by atoms with Crippen LogP contribution in [-0.4, -0.2) is 46.3 Å². The van der Waals surface area contributed by atoms with Gasteiger partial charge < -0.3 is 14.9 Å². The average molecular weight is 588 g/mol. The lowest BCUT2D eigenvalue weighted by atomic mass is 9.70. The molecule has 1 aliphatic carbocycles. The van der Waals surface area contributed by atoms with Crippen molar-refractivity contribution in [2.45, 2.75) is 62.6 Å². The Kier molecular flexibility index (Phi) is 8.55. The van der Waals surface area contributed by atoms with E-state index in [1.54, 1.807) is 6.92 Å². The molecule has 2 heterocycles. The molecule has 41 heavy (non-hydrogen) atoms. The van der Waals surface area contributed by atoms with Gasteiger partial charge in [-0.1, -0.05) is 29.5 Å². The molecule has 1 saturated heterocycles. The first-order valence-corrected chi connectivity index (χ1v) is 12.9. The number of ether oxygens (including phenoxy) is 1. The number of rotatable bonds is 8. The fourth-order valence-corrected chi connectivity index (χ4v) is 5.51. The lowest BCUT2D eigenvalue weighted by Crippen LogP contribution is -2.66. The fourth-order valence-electron chi connectivity index (χ4n) is 5.51. The summed E-state index contributed by atoms with van der Waals surface area (Å²) in [7, 11) is 1.39. The molecule has 4 rings (SSSR count). The number of oxime groups is 1. The van der Waals surface area contributed by atoms with Crippen molar-refractivity contribution in [3.05, 3.63) is 76.0 Å². The molecule has 14 heteroatoms. The van der Waals surface area contributed by atoms with Crippen molar-refractivity contribution in [2.24, 2.45) is 11.1 Å². The number of alkyl halides is 6. The van der Waals surface area contributed by atoms with Crippen molar-refractivity contribution in [1.82, 2.24) is 20.1 Å². The third-order valence-electron chi connectivity index (χ3n) is 7.99. The zero-order chi connectivity index (χ0) is 30.1. The van der Waals surface area contributed by atoms with Gasteiger partial charge in [0.15, 0.2) is 0 Å². The molecule has 1 fully saturated rings. The first-order chi connectivity index (χ1) is 19.2. The molecule has 224 valence electrons. The lowest BCUT2D eigenvalue weighted by Gasteiger charge is -2.50. The molecular weight excluding hydrogens is 556 g/mol. The maximum atomic E-state index is 13.4. The minimum absolute atomic E-state index is 0.0224. The molecule has 0 bridgehead atoms. The van der Waals surface area contributed by atoms with Gasteiger partial charge in [-0.15, -0.1) is 0 Å². The number of piperidine rings is 1. The Morgan fingerprint density at radius 1 is 1.15 bits per heavy atom. The second-order valence-corrected chi connectivity index (χ2v) is 10.4. The number of aromatic amines is 1. The molecule has 1 aliphatic heterocycles. The molecular formula is C27H31F6N5O3. The van der Waals surface area contributed by atoms with Gasteiger partial charge in [-0.2, -0.15) is 31.4 Å². The Hall–Kier alpha value is -3.39. The molecule has 2 aromatic rings. The van der Waals surface area contributed by atoms with Crippen LogP contribution >= 0.6 is 0 Å². The smallest absolute Gasteiger partial charge is 0.399 e. The van der Waals surface area contributed by atoms with Crippen LogP contribution in [0.3, 0.4) is 0 Å². The van der Waals surface area contributed by atoms with Crippen LogP contribution in [0.15, 0.2) is 58.8 Å². The van der Waals surface area contributed by atoms with E-state index in [-0.39, 0.29) is 30.7 Å². The van der Waals surface area contributed by atoms with Crippen LogP contribution in [0.4, 0.5) is 26.3 Å². The van der Waals surface area contributed by atoms with Crippen LogP contribution in [-0.2, 0) is 27.5 Å². The third-order valence-corrected chi connectivity index (χ3v) is 7.99. The molecule has 0 saturated carbocycles. The SMILES string of the molecule is CO/N=C(\C)[C@]1(n2cn[nH]c2=O)CC[C@@](CO[C@H](C)c2cc(C(F)(F)F)cc(C(F)(F)F)c2)(C2C=CC=CC2)NC1. The van der Waals surface area contributed by atoms with Gasteiger partial charge in [0.1, 0.15) is 19.0 Å². The van der Waals surface area contributed by atoms with Crippen LogP contribution in [0.25, 0.3) is 0 Å². The Morgan fingerprint density at radius 2 is 1.83 bits per heavy atom. The number of hydrogen-bond donors (Lipinski definition) is 2. The predicted molar refractivity (Wildman–Crippen MR) is 138 cm³/mol. The molecule has 1 aromatic carbocycles. The normalized spacial score (nSPS) is 26.3. The molecule has 2 N–H and O–H groups in total. The molecule has 1 unspecified atom stereocenters. The minimum atomic E-state index is -4.96. The van der Waals surface area contributed by atoms with E-state index in [0.29, 0.717) is 37.1 Å². The summed E-state index contributed by atoms with van der Waals surface area (Å²) in [6.07, 6.45) is -0.453. The summed E-state index contributed by atoms with van der Waals surface area (Å²) in [6, 6.07) is 1.47. The number of benzene rings is 1. The van der Waals surface area contributed by atoms with Crippen LogP contribution in [0.1, 0.15) is 55.9 Å². The number of H-pyrrole nitrogens is 1. The third kappa shape index (κ3) is 6.27. The Labute approximate surface area is 232 Å². The highest BCUT2D eigenvalue weighted by atomic mass is 19.4. The van der Waals surface area contributed by atoms with Gasteiger partial charge in [0.2, 0.25) is 0 Å². The van der Waals surface area contributed by atoms with Gasteiger partial charge in [-0.3, -0.25) is 4.57 Å². The molecule has 1 aromatic heterocycles. The van der Waals surface area contributed by atoms with E-state index in [1.807, 2.05) is 24.3 Å². The van der Waals surface area contributed by atoms with Crippen molar-refractivity contribution in [3.63, 3.8) is 0 Å². The summed E-state index contributed by atoms with van der Waals surface area (Å²) in [5.41, 5.74) is -4.65. The Balaban J connectivity index is 1.64. The lowest BCUT2D eigenvalue weighted by molar-refractivity contribution is -0.143. The van der Waals surface area contributed by atoms with E-state index in [4.69, 9.17) is 9.57 Å². The molecule has 8 nitrogen and oxygen atoms in total. The second-order valence-electron chi connectivity index (χ2n) is 10.4. The predicted octanol–water partition coefficient (Wildman–Crippen LogP) is 5.36. The van der Waals surface area contributed by atoms with Crippen LogP contribution in [0, 0.1) is 5.92 Å². The summed E-state index contributed by atoms with van der Waals surface area (Å²) in [5.74, 6) is -0.106. The number of nitrogens with zero attached hydrogens (tertiary/aromatic N) is 3. The standard InChI is InChI=1S/C27H31F6N5O3/c1-17(19-11-21(26(28,29)30)13-22(12-19)27(31,32)33)41-15-24(20-7-5-4-6-8-20)9-10-25(14-34-24,18(2)37-40-3)38-16-35-36-23(38)39/h4-7,11-13,16-17,20,34H,8-10,14-15H2,1-3H3,(H,36,39)/b37-18+/t17-,20?,24-,25+/m1/s1. The zero-order valence-electron chi connectivity index (χ0n) is 22.6.